The molecule has 0 aliphatic heterocycles. The van der Waals surface area contributed by atoms with Crippen molar-refractivity contribution >= 4 is 11.6 Å². The smallest absolute Gasteiger partial charge is 0.305 e. The summed E-state index contributed by atoms with van der Waals surface area (Å²) >= 11 is 0. The summed E-state index contributed by atoms with van der Waals surface area (Å²) in [6, 6.07) is 4.08. The first kappa shape index (κ1) is 14.5. The van der Waals surface area contributed by atoms with Gasteiger partial charge in [-0.2, -0.15) is 0 Å². The Bertz CT molecular complexity index is 592. The van der Waals surface area contributed by atoms with Crippen molar-refractivity contribution in [3.8, 4) is 0 Å². The van der Waals surface area contributed by atoms with E-state index in [9.17, 15) is 4.79 Å². The molecule has 0 saturated carbocycles. The van der Waals surface area contributed by atoms with Gasteiger partial charge in [0.2, 0.25) is 0 Å². The van der Waals surface area contributed by atoms with Crippen LogP contribution in [-0.4, -0.2) is 41.0 Å². The summed E-state index contributed by atoms with van der Waals surface area (Å²) in [4.78, 5) is 17.9. The van der Waals surface area contributed by atoms with Crippen molar-refractivity contribution in [2.75, 3.05) is 20.7 Å². The van der Waals surface area contributed by atoms with E-state index in [4.69, 9.17) is 0 Å². The third kappa shape index (κ3) is 3.57. The molecule has 5 heteroatoms. The Balaban J connectivity index is 1.91. The van der Waals surface area contributed by atoms with Gasteiger partial charge < -0.3 is 14.0 Å². The van der Waals surface area contributed by atoms with E-state index in [1.54, 1.807) is 0 Å². The number of aryl methyl sites for hydroxylation is 1. The molecule has 0 radical (unpaired) electrons. The molecule has 0 aromatic carbocycles. The summed E-state index contributed by atoms with van der Waals surface area (Å²) < 4.78 is 6.68. The Hall–Kier alpha value is -1.88. The molecule has 0 aliphatic carbocycles. The molecule has 0 saturated heterocycles. The fourth-order valence-electron chi connectivity index (χ4n) is 2.23. The van der Waals surface area contributed by atoms with Crippen LogP contribution in [0.1, 0.15) is 24.1 Å². The zero-order chi connectivity index (χ0) is 14.5. The largest absolute Gasteiger partial charge is 0.469 e. The molecule has 2 aromatic heterocycles. The second-order valence-corrected chi connectivity index (χ2v) is 5.07. The van der Waals surface area contributed by atoms with E-state index >= 15 is 0 Å². The number of aromatic nitrogens is 2. The van der Waals surface area contributed by atoms with Crippen LogP contribution in [0.3, 0.4) is 0 Å². The summed E-state index contributed by atoms with van der Waals surface area (Å²) in [5.41, 5.74) is 3.22. The van der Waals surface area contributed by atoms with Gasteiger partial charge in [-0.05, 0) is 38.6 Å². The lowest BCUT2D eigenvalue weighted by Gasteiger charge is -2.14. The highest BCUT2D eigenvalue weighted by Crippen LogP contribution is 2.11. The van der Waals surface area contributed by atoms with Crippen LogP contribution in [0.25, 0.3) is 5.65 Å². The second-order valence-electron chi connectivity index (χ2n) is 5.07. The molecule has 0 unspecified atom stereocenters. The van der Waals surface area contributed by atoms with Crippen molar-refractivity contribution in [2.45, 2.75) is 26.3 Å². The zero-order valence-electron chi connectivity index (χ0n) is 12.3. The standard InChI is InChI=1S/C15H21N3O2/c1-12-6-4-9-18-11-13(16-15(12)18)10-17(2)8-5-7-14(19)20-3/h4,6,9,11H,5,7-8,10H2,1-3H3. The summed E-state index contributed by atoms with van der Waals surface area (Å²) in [6.07, 6.45) is 5.33. The molecule has 5 nitrogen and oxygen atoms in total. The lowest BCUT2D eigenvalue weighted by molar-refractivity contribution is -0.140. The van der Waals surface area contributed by atoms with E-state index in [1.165, 1.54) is 12.7 Å². The normalized spacial score (nSPS) is 11.2. The Morgan fingerprint density at radius 3 is 3.00 bits per heavy atom. The summed E-state index contributed by atoms with van der Waals surface area (Å²) in [6.45, 7) is 3.69. The minimum absolute atomic E-state index is 0.151. The van der Waals surface area contributed by atoms with Crippen LogP contribution in [0.4, 0.5) is 0 Å². The van der Waals surface area contributed by atoms with E-state index in [1.807, 2.05) is 23.7 Å². The van der Waals surface area contributed by atoms with Gasteiger partial charge in [-0.1, -0.05) is 6.07 Å². The highest BCUT2D eigenvalue weighted by molar-refractivity contribution is 5.69. The number of methoxy groups -OCH3 is 1. The minimum atomic E-state index is -0.151. The highest BCUT2D eigenvalue weighted by Gasteiger charge is 2.07. The number of imidazole rings is 1. The van der Waals surface area contributed by atoms with Crippen molar-refractivity contribution < 1.29 is 9.53 Å². The van der Waals surface area contributed by atoms with E-state index in [-0.39, 0.29) is 5.97 Å². The number of carbonyl (C=O) groups excluding carboxylic acids is 1. The molecular formula is C15H21N3O2. The molecule has 108 valence electrons. The maximum absolute atomic E-state index is 11.1. The van der Waals surface area contributed by atoms with Crippen LogP contribution in [0, 0.1) is 6.92 Å². The average Bonchev–Trinajstić information content (AvgIpc) is 2.82. The number of carbonyl (C=O) groups is 1. The van der Waals surface area contributed by atoms with Crippen LogP contribution < -0.4 is 0 Å². The third-order valence-corrected chi connectivity index (χ3v) is 3.31. The maximum atomic E-state index is 11.1. The van der Waals surface area contributed by atoms with E-state index in [0.717, 1.165) is 30.9 Å². The first-order chi connectivity index (χ1) is 9.60. The molecule has 0 fully saturated rings. The van der Waals surface area contributed by atoms with Crippen LogP contribution >= 0.6 is 0 Å². The second kappa shape index (κ2) is 6.52. The minimum Gasteiger partial charge on any atom is -0.469 e. The van der Waals surface area contributed by atoms with E-state index in [0.29, 0.717) is 6.42 Å². The number of nitrogens with zero attached hydrogens (tertiary/aromatic N) is 3. The fourth-order valence-corrected chi connectivity index (χ4v) is 2.23. The summed E-state index contributed by atoms with van der Waals surface area (Å²) in [5, 5.41) is 0. The Morgan fingerprint density at radius 2 is 2.30 bits per heavy atom. The number of esters is 1. The van der Waals surface area contributed by atoms with Crippen molar-refractivity contribution in [1.29, 1.82) is 0 Å². The van der Waals surface area contributed by atoms with Gasteiger partial charge in [0.1, 0.15) is 5.65 Å². The van der Waals surface area contributed by atoms with Gasteiger partial charge in [0.15, 0.2) is 0 Å². The zero-order valence-corrected chi connectivity index (χ0v) is 12.3. The van der Waals surface area contributed by atoms with Gasteiger partial charge in [0, 0.05) is 25.4 Å². The molecular weight excluding hydrogens is 254 g/mol. The highest BCUT2D eigenvalue weighted by atomic mass is 16.5. The van der Waals surface area contributed by atoms with Gasteiger partial charge in [-0.25, -0.2) is 4.98 Å². The topological polar surface area (TPSA) is 46.8 Å². The Kier molecular flexibility index (Phi) is 4.74. The lowest BCUT2D eigenvalue weighted by Crippen LogP contribution is -2.20. The van der Waals surface area contributed by atoms with Crippen LogP contribution in [0.15, 0.2) is 24.5 Å². The predicted octanol–water partition coefficient (Wildman–Crippen LogP) is 2.03. The molecule has 0 aliphatic rings. The van der Waals surface area contributed by atoms with Crippen molar-refractivity contribution in [3.05, 3.63) is 35.8 Å². The van der Waals surface area contributed by atoms with Crippen molar-refractivity contribution in [1.82, 2.24) is 14.3 Å². The molecule has 0 amide bonds. The summed E-state index contributed by atoms with van der Waals surface area (Å²) in [5.74, 6) is -0.151. The van der Waals surface area contributed by atoms with Gasteiger partial charge >= 0.3 is 5.97 Å². The molecule has 0 atom stereocenters. The molecule has 0 N–H and O–H groups in total. The van der Waals surface area contributed by atoms with E-state index < -0.39 is 0 Å². The quantitative estimate of drug-likeness (QED) is 0.757. The number of ether oxygens (including phenoxy) is 1. The van der Waals surface area contributed by atoms with Gasteiger partial charge in [-0.15, -0.1) is 0 Å². The number of hydrogen-bond acceptors (Lipinski definition) is 4. The molecule has 20 heavy (non-hydrogen) atoms. The summed E-state index contributed by atoms with van der Waals surface area (Å²) in [7, 11) is 3.46. The van der Waals surface area contributed by atoms with Crippen molar-refractivity contribution in [3.63, 3.8) is 0 Å². The fraction of sp³-hybridized carbons (Fsp3) is 0.467. The van der Waals surface area contributed by atoms with Crippen LogP contribution in [0.2, 0.25) is 0 Å². The monoisotopic (exact) mass is 275 g/mol. The van der Waals surface area contributed by atoms with Gasteiger partial charge in [0.05, 0.1) is 12.8 Å². The van der Waals surface area contributed by atoms with Gasteiger partial charge in [0.25, 0.3) is 0 Å². The Morgan fingerprint density at radius 1 is 1.50 bits per heavy atom. The van der Waals surface area contributed by atoms with Crippen LogP contribution in [0.5, 0.6) is 0 Å². The molecule has 2 rings (SSSR count). The number of rotatable bonds is 6. The number of hydrogen-bond donors (Lipinski definition) is 0. The molecule has 0 bridgehead atoms. The first-order valence-electron chi connectivity index (χ1n) is 6.78. The maximum Gasteiger partial charge on any atom is 0.305 e. The van der Waals surface area contributed by atoms with Gasteiger partial charge in [-0.3, -0.25) is 4.79 Å². The molecule has 2 heterocycles. The predicted molar refractivity (Wildman–Crippen MR) is 77.5 cm³/mol. The Labute approximate surface area is 119 Å². The average molecular weight is 275 g/mol. The number of pyridine rings is 1. The van der Waals surface area contributed by atoms with E-state index in [2.05, 4.69) is 33.8 Å². The molecule has 2 aromatic rings. The molecule has 0 spiro atoms. The lowest BCUT2D eigenvalue weighted by atomic mass is 10.3. The first-order valence-corrected chi connectivity index (χ1v) is 6.78. The SMILES string of the molecule is COC(=O)CCCN(C)Cc1cn2cccc(C)c2n1. The van der Waals surface area contributed by atoms with Crippen LogP contribution in [-0.2, 0) is 16.1 Å². The number of fused-ring (bicyclic) bond motifs is 1. The third-order valence-electron chi connectivity index (χ3n) is 3.31. The van der Waals surface area contributed by atoms with Crippen molar-refractivity contribution in [2.24, 2.45) is 0 Å².